The van der Waals surface area contributed by atoms with E-state index in [1.54, 1.807) is 12.1 Å². The highest BCUT2D eigenvalue weighted by molar-refractivity contribution is 6.30. The van der Waals surface area contributed by atoms with Gasteiger partial charge in [-0.3, -0.25) is 4.79 Å². The van der Waals surface area contributed by atoms with Gasteiger partial charge in [-0.15, -0.1) is 0 Å². The van der Waals surface area contributed by atoms with Crippen LogP contribution in [0.2, 0.25) is 5.02 Å². The monoisotopic (exact) mass is 353 g/mol. The molecule has 0 fully saturated rings. The van der Waals surface area contributed by atoms with Gasteiger partial charge in [0.1, 0.15) is 0 Å². The van der Waals surface area contributed by atoms with Crippen molar-refractivity contribution in [2.24, 2.45) is 0 Å². The Bertz CT molecular complexity index is 770. The van der Waals surface area contributed by atoms with Crippen LogP contribution in [-0.4, -0.2) is 18.1 Å². The molecule has 1 unspecified atom stereocenters. The van der Waals surface area contributed by atoms with Crippen molar-refractivity contribution in [1.29, 1.82) is 0 Å². The molecular weight excluding hydrogens is 336 g/mol. The zero-order valence-corrected chi connectivity index (χ0v) is 14.3. The number of benzene rings is 2. The van der Waals surface area contributed by atoms with Crippen LogP contribution < -0.4 is 5.32 Å². The van der Waals surface area contributed by atoms with E-state index in [-0.39, 0.29) is 12.0 Å². The van der Waals surface area contributed by atoms with Gasteiger partial charge in [0.05, 0.1) is 6.42 Å². The predicted molar refractivity (Wildman–Crippen MR) is 90.3 cm³/mol. The molecule has 0 radical (unpaired) electrons. The number of aliphatic carboxylic acids is 1. The van der Waals surface area contributed by atoms with Crippen LogP contribution in [0.15, 0.2) is 24.3 Å². The summed E-state index contributed by atoms with van der Waals surface area (Å²) in [5.74, 6) is -3.15. The fourth-order valence-electron chi connectivity index (χ4n) is 2.92. The zero-order chi connectivity index (χ0) is 18.0. The first-order chi connectivity index (χ1) is 11.2. The molecule has 6 heteroatoms. The summed E-state index contributed by atoms with van der Waals surface area (Å²) < 4.78 is 28.3. The van der Waals surface area contributed by atoms with E-state index < -0.39 is 23.6 Å². The molecule has 0 saturated heterocycles. The van der Waals surface area contributed by atoms with Gasteiger partial charge in [0.15, 0.2) is 11.6 Å². The molecule has 0 spiro atoms. The number of halogens is 3. The number of carbonyl (C=O) groups is 1. The maximum Gasteiger partial charge on any atom is 0.305 e. The highest BCUT2D eigenvalue weighted by Crippen LogP contribution is 2.34. The van der Waals surface area contributed by atoms with E-state index in [0.717, 1.165) is 22.8 Å². The van der Waals surface area contributed by atoms with E-state index in [9.17, 15) is 13.6 Å². The Morgan fingerprint density at radius 3 is 2.29 bits per heavy atom. The van der Waals surface area contributed by atoms with Crippen molar-refractivity contribution in [2.45, 2.75) is 26.3 Å². The van der Waals surface area contributed by atoms with Crippen molar-refractivity contribution in [2.75, 3.05) is 7.05 Å². The van der Waals surface area contributed by atoms with Crippen LogP contribution in [0.1, 0.15) is 29.2 Å². The van der Waals surface area contributed by atoms with Crippen molar-refractivity contribution < 1.29 is 18.7 Å². The molecular formula is C18H18ClF2NO2. The molecule has 0 heterocycles. The SMILES string of the molecule is CNC(CC(=O)O)c1cc(-c2c(C)cc(Cl)cc2C)cc(F)c1F. The summed E-state index contributed by atoms with van der Waals surface area (Å²) in [7, 11) is 1.51. The first-order valence-corrected chi connectivity index (χ1v) is 7.77. The second-order valence-electron chi connectivity index (χ2n) is 5.71. The lowest BCUT2D eigenvalue weighted by atomic mass is 9.92. The van der Waals surface area contributed by atoms with Crippen LogP contribution in [0.5, 0.6) is 0 Å². The molecule has 0 bridgehead atoms. The maximum absolute atomic E-state index is 14.2. The van der Waals surface area contributed by atoms with E-state index in [1.165, 1.54) is 13.1 Å². The van der Waals surface area contributed by atoms with Gasteiger partial charge >= 0.3 is 5.97 Å². The first-order valence-electron chi connectivity index (χ1n) is 7.39. The van der Waals surface area contributed by atoms with Crippen molar-refractivity contribution in [1.82, 2.24) is 5.32 Å². The number of carboxylic acids is 1. The van der Waals surface area contributed by atoms with Gasteiger partial charge < -0.3 is 10.4 Å². The Morgan fingerprint density at radius 2 is 1.79 bits per heavy atom. The van der Waals surface area contributed by atoms with Crippen LogP contribution in [0, 0.1) is 25.5 Å². The molecule has 2 N–H and O–H groups in total. The third-order valence-corrected chi connectivity index (χ3v) is 4.16. The van der Waals surface area contributed by atoms with Crippen LogP contribution in [0.4, 0.5) is 8.78 Å². The van der Waals surface area contributed by atoms with E-state index >= 15 is 0 Å². The Morgan fingerprint density at radius 1 is 1.21 bits per heavy atom. The molecule has 0 aliphatic rings. The lowest BCUT2D eigenvalue weighted by Crippen LogP contribution is -2.21. The molecule has 3 nitrogen and oxygen atoms in total. The lowest BCUT2D eigenvalue weighted by molar-refractivity contribution is -0.137. The molecule has 0 aliphatic heterocycles. The lowest BCUT2D eigenvalue weighted by Gasteiger charge is -2.18. The third-order valence-electron chi connectivity index (χ3n) is 3.95. The van der Waals surface area contributed by atoms with Crippen molar-refractivity contribution in [3.05, 3.63) is 57.6 Å². The van der Waals surface area contributed by atoms with Crippen LogP contribution >= 0.6 is 11.6 Å². The van der Waals surface area contributed by atoms with E-state index in [4.69, 9.17) is 16.7 Å². The van der Waals surface area contributed by atoms with Crippen molar-refractivity contribution >= 4 is 17.6 Å². The standard InChI is InChI=1S/C18H18ClF2NO2/c1-9-4-12(19)5-10(2)17(9)11-6-13(18(21)14(20)7-11)15(22-3)8-16(23)24/h4-7,15,22H,8H2,1-3H3,(H,23,24). The van der Waals surface area contributed by atoms with Gasteiger partial charge in [0, 0.05) is 16.6 Å². The summed E-state index contributed by atoms with van der Waals surface area (Å²) in [5.41, 5.74) is 2.89. The molecule has 0 amide bonds. The van der Waals surface area contributed by atoms with Crippen LogP contribution in [-0.2, 0) is 4.79 Å². The predicted octanol–water partition coefficient (Wildman–Crippen LogP) is 4.64. The van der Waals surface area contributed by atoms with Crippen LogP contribution in [0.25, 0.3) is 11.1 Å². The number of nitrogens with one attached hydrogen (secondary N) is 1. The minimum Gasteiger partial charge on any atom is -0.481 e. The topological polar surface area (TPSA) is 49.3 Å². The fraction of sp³-hybridized carbons (Fsp3) is 0.278. The molecule has 2 aromatic carbocycles. The number of aryl methyl sites for hydroxylation is 2. The number of hydrogen-bond donors (Lipinski definition) is 2. The van der Waals surface area contributed by atoms with Gasteiger partial charge in [-0.25, -0.2) is 8.78 Å². The average molecular weight is 354 g/mol. The van der Waals surface area contributed by atoms with Gasteiger partial charge in [-0.1, -0.05) is 11.6 Å². The van der Waals surface area contributed by atoms with Gasteiger partial charge in [-0.2, -0.15) is 0 Å². The second kappa shape index (κ2) is 7.28. The largest absolute Gasteiger partial charge is 0.481 e. The Balaban J connectivity index is 2.64. The van der Waals surface area contributed by atoms with E-state index in [2.05, 4.69) is 5.32 Å². The smallest absolute Gasteiger partial charge is 0.305 e. The number of carboxylic acid groups (broad SMARTS) is 1. The molecule has 0 saturated carbocycles. The summed E-state index contributed by atoms with van der Waals surface area (Å²) in [6.07, 6.45) is -0.352. The third kappa shape index (κ3) is 3.74. The first kappa shape index (κ1) is 18.4. The van der Waals surface area contributed by atoms with E-state index in [1.807, 2.05) is 13.8 Å². The minimum absolute atomic E-state index is 0.0105. The zero-order valence-electron chi connectivity index (χ0n) is 13.6. The number of hydrogen-bond acceptors (Lipinski definition) is 2. The van der Waals surface area contributed by atoms with Crippen LogP contribution in [0.3, 0.4) is 0 Å². The van der Waals surface area contributed by atoms with Gasteiger partial charge in [0.2, 0.25) is 0 Å². The molecule has 24 heavy (non-hydrogen) atoms. The summed E-state index contributed by atoms with van der Waals surface area (Å²) in [6.45, 7) is 3.67. The van der Waals surface area contributed by atoms with Crippen molar-refractivity contribution in [3.8, 4) is 11.1 Å². The van der Waals surface area contributed by atoms with E-state index in [0.29, 0.717) is 10.6 Å². The normalized spacial score (nSPS) is 12.2. The highest BCUT2D eigenvalue weighted by atomic mass is 35.5. The second-order valence-corrected chi connectivity index (χ2v) is 6.15. The average Bonchev–Trinajstić information content (AvgIpc) is 2.47. The molecule has 0 aromatic heterocycles. The molecule has 2 aromatic rings. The van der Waals surface area contributed by atoms with Gasteiger partial charge in [0.25, 0.3) is 0 Å². The summed E-state index contributed by atoms with van der Waals surface area (Å²) in [4.78, 5) is 11.0. The fourth-order valence-corrected chi connectivity index (χ4v) is 3.24. The quantitative estimate of drug-likeness (QED) is 0.823. The summed E-state index contributed by atoms with van der Waals surface area (Å²) in [6, 6.07) is 5.28. The summed E-state index contributed by atoms with van der Waals surface area (Å²) in [5, 5.41) is 12.3. The number of rotatable bonds is 5. The highest BCUT2D eigenvalue weighted by Gasteiger charge is 2.22. The molecule has 2 rings (SSSR count). The molecule has 128 valence electrons. The van der Waals surface area contributed by atoms with Gasteiger partial charge in [-0.05, 0) is 67.4 Å². The molecule has 1 atom stereocenters. The maximum atomic E-state index is 14.2. The van der Waals surface area contributed by atoms with Crippen molar-refractivity contribution in [3.63, 3.8) is 0 Å². The summed E-state index contributed by atoms with van der Waals surface area (Å²) >= 11 is 6.02. The Kier molecular flexibility index (Phi) is 5.57. The molecule has 0 aliphatic carbocycles. The Hall–Kier alpha value is -1.98. The Labute approximate surface area is 144 Å². The minimum atomic E-state index is -1.10.